The highest BCUT2D eigenvalue weighted by atomic mass is 16.5. The summed E-state index contributed by atoms with van der Waals surface area (Å²) in [4.78, 5) is 23.5. The van der Waals surface area contributed by atoms with Gasteiger partial charge in [0.1, 0.15) is 11.3 Å². The molecule has 128 valence electrons. The molecule has 0 aliphatic carbocycles. The van der Waals surface area contributed by atoms with Gasteiger partial charge < -0.3 is 19.1 Å². The highest BCUT2D eigenvalue weighted by molar-refractivity contribution is 5.85. The van der Waals surface area contributed by atoms with Crippen LogP contribution in [0.3, 0.4) is 0 Å². The van der Waals surface area contributed by atoms with E-state index >= 15 is 0 Å². The number of rotatable bonds is 4. The second-order valence-corrected chi connectivity index (χ2v) is 5.93. The SMILES string of the molecule is Cc1c(C)c2ccc(O[C@@H](C(=O)[O-])c3ccccc3)c(C)c2oc1=O. The fourth-order valence-corrected chi connectivity index (χ4v) is 2.76. The number of carbonyl (C=O) groups excluding carboxylic acids is 1. The van der Waals surface area contributed by atoms with Crippen LogP contribution in [-0.2, 0) is 4.79 Å². The first-order chi connectivity index (χ1) is 11.9. The van der Waals surface area contributed by atoms with Gasteiger partial charge in [-0.15, -0.1) is 0 Å². The van der Waals surface area contributed by atoms with Crippen LogP contribution in [-0.4, -0.2) is 5.97 Å². The van der Waals surface area contributed by atoms with Crippen LogP contribution >= 0.6 is 0 Å². The van der Waals surface area contributed by atoms with Crippen LogP contribution in [0, 0.1) is 20.8 Å². The molecule has 0 saturated carbocycles. The average Bonchev–Trinajstić information content (AvgIpc) is 2.60. The first kappa shape index (κ1) is 16.8. The molecular weight excluding hydrogens is 320 g/mol. The number of hydrogen-bond acceptors (Lipinski definition) is 5. The summed E-state index contributed by atoms with van der Waals surface area (Å²) in [6.45, 7) is 5.29. The minimum atomic E-state index is -1.34. The normalized spacial score (nSPS) is 12.1. The molecule has 0 aliphatic heterocycles. The van der Waals surface area contributed by atoms with Crippen molar-refractivity contribution < 1.29 is 19.1 Å². The summed E-state index contributed by atoms with van der Waals surface area (Å²) in [6.07, 6.45) is -1.25. The van der Waals surface area contributed by atoms with Crippen LogP contribution < -0.4 is 15.5 Å². The maximum atomic E-state index is 12.0. The minimum Gasteiger partial charge on any atom is -0.546 e. The molecule has 0 radical (unpaired) electrons. The number of carbonyl (C=O) groups is 1. The lowest BCUT2D eigenvalue weighted by Gasteiger charge is -2.22. The predicted molar refractivity (Wildman–Crippen MR) is 91.5 cm³/mol. The van der Waals surface area contributed by atoms with Crippen molar-refractivity contribution in [3.8, 4) is 5.75 Å². The lowest BCUT2D eigenvalue weighted by molar-refractivity contribution is -0.314. The molecule has 0 bridgehead atoms. The minimum absolute atomic E-state index is 0.331. The van der Waals surface area contributed by atoms with E-state index in [-0.39, 0.29) is 0 Å². The van der Waals surface area contributed by atoms with Crippen molar-refractivity contribution in [3.05, 3.63) is 75.1 Å². The highest BCUT2D eigenvalue weighted by Gasteiger charge is 2.18. The Morgan fingerprint density at radius 2 is 1.68 bits per heavy atom. The summed E-state index contributed by atoms with van der Waals surface area (Å²) in [5.74, 6) is -1.01. The molecule has 0 amide bonds. The summed E-state index contributed by atoms with van der Waals surface area (Å²) in [5.41, 5.74) is 2.42. The molecule has 0 fully saturated rings. The van der Waals surface area contributed by atoms with Crippen molar-refractivity contribution in [1.29, 1.82) is 0 Å². The van der Waals surface area contributed by atoms with Crippen molar-refractivity contribution in [2.75, 3.05) is 0 Å². The van der Waals surface area contributed by atoms with E-state index in [9.17, 15) is 14.7 Å². The van der Waals surface area contributed by atoms with Crippen molar-refractivity contribution >= 4 is 16.9 Å². The molecule has 3 aromatic rings. The fourth-order valence-electron chi connectivity index (χ4n) is 2.76. The van der Waals surface area contributed by atoms with Gasteiger partial charge >= 0.3 is 5.63 Å². The van der Waals surface area contributed by atoms with Crippen molar-refractivity contribution in [2.45, 2.75) is 26.9 Å². The summed E-state index contributed by atoms with van der Waals surface area (Å²) >= 11 is 0. The third-order valence-electron chi connectivity index (χ3n) is 4.38. The Hall–Kier alpha value is -3.08. The third-order valence-corrected chi connectivity index (χ3v) is 4.38. The second-order valence-electron chi connectivity index (χ2n) is 5.93. The van der Waals surface area contributed by atoms with E-state index in [4.69, 9.17) is 9.15 Å². The van der Waals surface area contributed by atoms with Gasteiger partial charge in [-0.2, -0.15) is 0 Å². The fraction of sp³-hybridized carbons (Fsp3) is 0.200. The summed E-state index contributed by atoms with van der Waals surface area (Å²) in [7, 11) is 0. The van der Waals surface area contributed by atoms with Gasteiger partial charge in [0.05, 0.1) is 5.97 Å². The Morgan fingerprint density at radius 3 is 2.32 bits per heavy atom. The highest BCUT2D eigenvalue weighted by Crippen LogP contribution is 2.32. The Bertz CT molecular complexity index is 1000. The van der Waals surface area contributed by atoms with E-state index < -0.39 is 17.7 Å². The molecule has 2 aromatic carbocycles. The van der Waals surface area contributed by atoms with Gasteiger partial charge in [-0.1, -0.05) is 30.3 Å². The molecular formula is C20H17O5-. The van der Waals surface area contributed by atoms with E-state index in [0.29, 0.717) is 28.0 Å². The maximum Gasteiger partial charge on any atom is 0.339 e. The van der Waals surface area contributed by atoms with E-state index in [1.165, 1.54) is 0 Å². The Labute approximate surface area is 144 Å². The quantitative estimate of drug-likeness (QED) is 0.684. The second kappa shape index (κ2) is 6.43. The molecule has 0 N–H and O–H groups in total. The van der Waals surface area contributed by atoms with Gasteiger partial charge in [-0.05, 0) is 44.0 Å². The molecule has 0 saturated heterocycles. The molecule has 1 aromatic heterocycles. The molecule has 1 atom stereocenters. The number of carboxylic acids is 1. The lowest BCUT2D eigenvalue weighted by Crippen LogP contribution is -2.33. The topological polar surface area (TPSA) is 79.6 Å². The first-order valence-electron chi connectivity index (χ1n) is 7.86. The zero-order chi connectivity index (χ0) is 18.1. The van der Waals surface area contributed by atoms with Gasteiger partial charge in [0.25, 0.3) is 0 Å². The standard InChI is InChI=1S/C20H18O5/c1-11-12(2)20(23)25-17-13(3)16(10-9-15(11)17)24-18(19(21)22)14-7-5-4-6-8-14/h4-10,18H,1-3H3,(H,21,22)/p-1/t18-/m1/s1. The summed E-state index contributed by atoms with van der Waals surface area (Å²) in [5, 5.41) is 12.3. The Kier molecular flexibility index (Phi) is 4.31. The number of aliphatic carboxylic acids is 1. The van der Waals surface area contributed by atoms with Crippen LogP contribution in [0.5, 0.6) is 5.75 Å². The first-order valence-corrected chi connectivity index (χ1v) is 7.86. The molecule has 5 heteroatoms. The number of hydrogen-bond donors (Lipinski definition) is 0. The van der Waals surface area contributed by atoms with Crippen LogP contribution in [0.1, 0.15) is 28.4 Å². The largest absolute Gasteiger partial charge is 0.546 e. The number of benzene rings is 2. The zero-order valence-electron chi connectivity index (χ0n) is 14.2. The van der Waals surface area contributed by atoms with Crippen molar-refractivity contribution in [2.24, 2.45) is 0 Å². The number of carboxylic acid groups (broad SMARTS) is 1. The average molecular weight is 337 g/mol. The van der Waals surface area contributed by atoms with Crippen LogP contribution in [0.2, 0.25) is 0 Å². The number of fused-ring (bicyclic) bond motifs is 1. The molecule has 25 heavy (non-hydrogen) atoms. The Morgan fingerprint density at radius 1 is 1.00 bits per heavy atom. The smallest absolute Gasteiger partial charge is 0.339 e. The van der Waals surface area contributed by atoms with Gasteiger partial charge in [0, 0.05) is 16.5 Å². The Balaban J connectivity index is 2.10. The van der Waals surface area contributed by atoms with Gasteiger partial charge in [0.2, 0.25) is 0 Å². The predicted octanol–water partition coefficient (Wildman–Crippen LogP) is 2.59. The molecule has 3 rings (SSSR count). The molecule has 1 heterocycles. The van der Waals surface area contributed by atoms with Crippen LogP contribution in [0.4, 0.5) is 0 Å². The van der Waals surface area contributed by atoms with Crippen molar-refractivity contribution in [1.82, 2.24) is 0 Å². The van der Waals surface area contributed by atoms with E-state index in [2.05, 4.69) is 0 Å². The third kappa shape index (κ3) is 3.01. The van der Waals surface area contributed by atoms with Gasteiger partial charge in [-0.25, -0.2) is 4.79 Å². The summed E-state index contributed by atoms with van der Waals surface area (Å²) in [6, 6.07) is 12.0. The van der Waals surface area contributed by atoms with Crippen LogP contribution in [0.15, 0.2) is 51.7 Å². The monoisotopic (exact) mass is 337 g/mol. The van der Waals surface area contributed by atoms with E-state index in [1.807, 2.05) is 6.92 Å². The molecule has 0 aliphatic rings. The number of aryl methyl sites for hydroxylation is 2. The van der Waals surface area contributed by atoms with Gasteiger partial charge in [0.15, 0.2) is 6.10 Å². The molecule has 0 unspecified atom stereocenters. The van der Waals surface area contributed by atoms with Crippen LogP contribution in [0.25, 0.3) is 11.0 Å². The zero-order valence-corrected chi connectivity index (χ0v) is 14.2. The van der Waals surface area contributed by atoms with E-state index in [1.54, 1.807) is 56.3 Å². The summed E-state index contributed by atoms with van der Waals surface area (Å²) < 4.78 is 11.1. The van der Waals surface area contributed by atoms with E-state index in [0.717, 1.165) is 10.9 Å². The van der Waals surface area contributed by atoms with Crippen molar-refractivity contribution in [3.63, 3.8) is 0 Å². The lowest BCUT2D eigenvalue weighted by atomic mass is 10.0. The maximum absolute atomic E-state index is 12.0. The van der Waals surface area contributed by atoms with Gasteiger partial charge in [-0.3, -0.25) is 0 Å². The molecule has 0 spiro atoms. The number of ether oxygens (including phenoxy) is 1. The molecule has 5 nitrogen and oxygen atoms in total.